The molecule has 0 amide bonds. The predicted molar refractivity (Wildman–Crippen MR) is 114 cm³/mol. The van der Waals surface area contributed by atoms with Gasteiger partial charge in [0.1, 0.15) is 0 Å². The number of esters is 2. The largest absolute Gasteiger partial charge is 0.462 e. The zero-order valence-corrected chi connectivity index (χ0v) is 18.0. The lowest BCUT2D eigenvalue weighted by Crippen LogP contribution is -2.18. The van der Waals surface area contributed by atoms with Crippen molar-refractivity contribution >= 4 is 11.9 Å². The van der Waals surface area contributed by atoms with Crippen molar-refractivity contribution in [2.75, 3.05) is 6.61 Å². The summed E-state index contributed by atoms with van der Waals surface area (Å²) in [6, 6.07) is 6.69. The quantitative estimate of drug-likeness (QED) is 0.246. The molecule has 0 aliphatic carbocycles. The van der Waals surface area contributed by atoms with E-state index in [0.717, 1.165) is 19.3 Å². The van der Waals surface area contributed by atoms with Crippen LogP contribution < -0.4 is 0 Å². The van der Waals surface area contributed by atoms with Gasteiger partial charge in [-0.3, -0.25) is 0 Å². The molecule has 0 radical (unpaired) electrons. The Morgan fingerprint density at radius 1 is 0.786 bits per heavy atom. The highest BCUT2D eigenvalue weighted by molar-refractivity contribution is 6.03. The van der Waals surface area contributed by atoms with Crippen LogP contribution in [-0.2, 0) is 9.47 Å². The van der Waals surface area contributed by atoms with Crippen LogP contribution in [-0.4, -0.2) is 24.6 Å². The molecule has 0 saturated heterocycles. The summed E-state index contributed by atoms with van der Waals surface area (Å²) in [7, 11) is 0. The Morgan fingerprint density at radius 3 is 1.82 bits per heavy atom. The highest BCUT2D eigenvalue weighted by atomic mass is 16.5. The number of carbonyl (C=O) groups excluding carboxylic acids is 2. The molecule has 1 aromatic carbocycles. The molecule has 158 valence electrons. The Labute approximate surface area is 171 Å². The fourth-order valence-electron chi connectivity index (χ4n) is 3.00. The van der Waals surface area contributed by atoms with Crippen molar-refractivity contribution in [1.82, 2.24) is 0 Å². The SMILES string of the molecule is CCCCCCCCCCCCOC(=O)c1ccccc1C(=O)OC(C)CC. The van der Waals surface area contributed by atoms with Crippen LogP contribution in [0, 0.1) is 0 Å². The summed E-state index contributed by atoms with van der Waals surface area (Å²) in [5.41, 5.74) is 0.554. The Balaban J connectivity index is 2.26. The molecule has 0 spiro atoms. The van der Waals surface area contributed by atoms with E-state index >= 15 is 0 Å². The number of hydrogen-bond donors (Lipinski definition) is 0. The average molecular weight is 391 g/mol. The normalized spacial score (nSPS) is 11.8. The Morgan fingerprint density at radius 2 is 1.29 bits per heavy atom. The summed E-state index contributed by atoms with van der Waals surface area (Å²) in [5.74, 6) is -0.923. The first kappa shape index (κ1) is 24.2. The number of carbonyl (C=O) groups is 2. The molecule has 4 heteroatoms. The zero-order chi connectivity index (χ0) is 20.6. The predicted octanol–water partition coefficient (Wildman–Crippen LogP) is 6.72. The molecule has 1 unspecified atom stereocenters. The fraction of sp³-hybridized carbons (Fsp3) is 0.667. The molecular weight excluding hydrogens is 352 g/mol. The highest BCUT2D eigenvalue weighted by Gasteiger charge is 2.20. The van der Waals surface area contributed by atoms with E-state index in [1.807, 2.05) is 13.8 Å². The second-order valence-corrected chi connectivity index (χ2v) is 7.49. The fourth-order valence-corrected chi connectivity index (χ4v) is 3.00. The van der Waals surface area contributed by atoms with Gasteiger partial charge in [0.15, 0.2) is 0 Å². The maximum absolute atomic E-state index is 12.4. The number of benzene rings is 1. The van der Waals surface area contributed by atoms with Crippen LogP contribution >= 0.6 is 0 Å². The van der Waals surface area contributed by atoms with Crippen molar-refractivity contribution < 1.29 is 19.1 Å². The molecule has 0 aromatic heterocycles. The summed E-state index contributed by atoms with van der Waals surface area (Å²) in [5, 5.41) is 0. The van der Waals surface area contributed by atoms with Gasteiger partial charge in [-0.25, -0.2) is 9.59 Å². The van der Waals surface area contributed by atoms with Crippen molar-refractivity contribution in [3.63, 3.8) is 0 Å². The Hall–Kier alpha value is -1.84. The monoisotopic (exact) mass is 390 g/mol. The summed E-state index contributed by atoms with van der Waals surface area (Å²) < 4.78 is 10.7. The van der Waals surface area contributed by atoms with E-state index in [0.29, 0.717) is 6.61 Å². The van der Waals surface area contributed by atoms with Crippen LogP contribution in [0.15, 0.2) is 24.3 Å². The molecule has 1 rings (SSSR count). The van der Waals surface area contributed by atoms with Gasteiger partial charge in [0.05, 0.1) is 23.8 Å². The molecular formula is C24H38O4. The van der Waals surface area contributed by atoms with Crippen molar-refractivity contribution in [1.29, 1.82) is 0 Å². The molecule has 0 N–H and O–H groups in total. The smallest absolute Gasteiger partial charge is 0.339 e. The van der Waals surface area contributed by atoms with Gasteiger partial charge in [-0.05, 0) is 31.9 Å². The van der Waals surface area contributed by atoms with Crippen LogP contribution in [0.4, 0.5) is 0 Å². The van der Waals surface area contributed by atoms with Gasteiger partial charge in [-0.15, -0.1) is 0 Å². The van der Waals surface area contributed by atoms with Gasteiger partial charge >= 0.3 is 11.9 Å². The lowest BCUT2D eigenvalue weighted by molar-refractivity contribution is 0.0321. The number of rotatable bonds is 15. The van der Waals surface area contributed by atoms with E-state index < -0.39 is 11.9 Å². The Kier molecular flexibility index (Phi) is 13.1. The van der Waals surface area contributed by atoms with E-state index in [1.54, 1.807) is 24.3 Å². The number of hydrogen-bond acceptors (Lipinski definition) is 4. The molecule has 0 aliphatic heterocycles. The first-order valence-corrected chi connectivity index (χ1v) is 11.1. The van der Waals surface area contributed by atoms with Gasteiger partial charge in [0.2, 0.25) is 0 Å². The van der Waals surface area contributed by atoms with Gasteiger partial charge in [0.25, 0.3) is 0 Å². The third kappa shape index (κ3) is 9.91. The minimum atomic E-state index is -0.471. The topological polar surface area (TPSA) is 52.6 Å². The maximum Gasteiger partial charge on any atom is 0.339 e. The lowest BCUT2D eigenvalue weighted by atomic mass is 10.1. The van der Waals surface area contributed by atoms with Gasteiger partial charge in [0, 0.05) is 0 Å². The average Bonchev–Trinajstić information content (AvgIpc) is 2.71. The summed E-state index contributed by atoms with van der Waals surface area (Å²) in [6.45, 7) is 6.42. The third-order valence-corrected chi connectivity index (χ3v) is 4.98. The minimum Gasteiger partial charge on any atom is -0.462 e. The first-order chi connectivity index (χ1) is 13.6. The van der Waals surface area contributed by atoms with E-state index in [1.165, 1.54) is 51.4 Å². The molecule has 0 fully saturated rings. The molecule has 0 saturated carbocycles. The maximum atomic E-state index is 12.4. The van der Waals surface area contributed by atoms with Crippen molar-refractivity contribution in [2.45, 2.75) is 97.5 Å². The van der Waals surface area contributed by atoms with Crippen LogP contribution in [0.5, 0.6) is 0 Å². The number of unbranched alkanes of at least 4 members (excludes halogenated alkanes) is 9. The summed E-state index contributed by atoms with van der Waals surface area (Å²) >= 11 is 0. The van der Waals surface area contributed by atoms with Gasteiger partial charge in [-0.2, -0.15) is 0 Å². The molecule has 0 heterocycles. The molecule has 28 heavy (non-hydrogen) atoms. The van der Waals surface area contributed by atoms with E-state index in [9.17, 15) is 9.59 Å². The van der Waals surface area contributed by atoms with Crippen LogP contribution in [0.2, 0.25) is 0 Å². The molecule has 0 bridgehead atoms. The second-order valence-electron chi connectivity index (χ2n) is 7.49. The molecule has 1 aromatic rings. The first-order valence-electron chi connectivity index (χ1n) is 11.1. The standard InChI is InChI=1S/C24H38O4/c1-4-6-7-8-9-10-11-12-13-16-19-27-23(25)21-17-14-15-18-22(21)24(26)28-20(3)5-2/h14-15,17-18,20H,4-13,16,19H2,1-3H3. The van der Waals surface area contributed by atoms with Crippen LogP contribution in [0.3, 0.4) is 0 Å². The minimum absolute atomic E-state index is 0.178. The van der Waals surface area contributed by atoms with E-state index in [2.05, 4.69) is 6.92 Å². The van der Waals surface area contributed by atoms with Crippen molar-refractivity contribution in [2.24, 2.45) is 0 Å². The lowest BCUT2D eigenvalue weighted by Gasteiger charge is -2.13. The summed E-state index contributed by atoms with van der Waals surface area (Å²) in [4.78, 5) is 24.6. The van der Waals surface area contributed by atoms with E-state index in [4.69, 9.17) is 9.47 Å². The third-order valence-electron chi connectivity index (χ3n) is 4.98. The van der Waals surface area contributed by atoms with Crippen LogP contribution in [0.1, 0.15) is 112 Å². The zero-order valence-electron chi connectivity index (χ0n) is 18.0. The molecule has 1 atom stereocenters. The van der Waals surface area contributed by atoms with Gasteiger partial charge < -0.3 is 9.47 Å². The highest BCUT2D eigenvalue weighted by Crippen LogP contribution is 2.15. The Bertz CT molecular complexity index is 567. The number of ether oxygens (including phenoxy) is 2. The molecule has 4 nitrogen and oxygen atoms in total. The second kappa shape index (κ2) is 15.1. The van der Waals surface area contributed by atoms with E-state index in [-0.39, 0.29) is 17.2 Å². The summed E-state index contributed by atoms with van der Waals surface area (Å²) in [6.07, 6.45) is 12.9. The molecule has 0 aliphatic rings. The van der Waals surface area contributed by atoms with Crippen LogP contribution in [0.25, 0.3) is 0 Å². The van der Waals surface area contributed by atoms with Crippen molar-refractivity contribution in [3.05, 3.63) is 35.4 Å². The van der Waals surface area contributed by atoms with Crippen molar-refractivity contribution in [3.8, 4) is 0 Å². The van der Waals surface area contributed by atoms with Gasteiger partial charge in [-0.1, -0.05) is 83.8 Å².